The van der Waals surface area contributed by atoms with E-state index in [1.807, 2.05) is 47.8 Å². The van der Waals surface area contributed by atoms with E-state index in [9.17, 15) is 9.59 Å². The second-order valence-electron chi connectivity index (χ2n) is 6.67. The van der Waals surface area contributed by atoms with Crippen LogP contribution in [-0.4, -0.2) is 17.9 Å². The average Bonchev–Trinajstić information content (AvgIpc) is 3.40. The molecule has 5 rings (SSSR count). The molecule has 28 heavy (non-hydrogen) atoms. The smallest absolute Gasteiger partial charge is 0.266 e. The summed E-state index contributed by atoms with van der Waals surface area (Å²) in [5.74, 6) is -1.25. The normalized spacial score (nSPS) is 24.1. The van der Waals surface area contributed by atoms with Gasteiger partial charge in [-0.3, -0.25) is 14.4 Å². The lowest BCUT2D eigenvalue weighted by molar-refractivity contribution is -0.126. The Morgan fingerprint density at radius 3 is 2.39 bits per heavy atom. The summed E-state index contributed by atoms with van der Waals surface area (Å²) in [5.41, 5.74) is 1.28. The molecule has 1 aromatic heterocycles. The minimum atomic E-state index is -0.862. The van der Waals surface area contributed by atoms with Gasteiger partial charge in [-0.15, -0.1) is 11.3 Å². The number of nitrogens with zero attached hydrogens (tertiary/aromatic N) is 2. The van der Waals surface area contributed by atoms with Crippen LogP contribution in [0.25, 0.3) is 0 Å². The van der Waals surface area contributed by atoms with Gasteiger partial charge in [0.25, 0.3) is 5.91 Å². The molecule has 2 saturated heterocycles. The third-order valence-electron chi connectivity index (χ3n) is 5.03. The van der Waals surface area contributed by atoms with Crippen LogP contribution in [0, 0.1) is 5.92 Å². The summed E-state index contributed by atoms with van der Waals surface area (Å²) in [6, 6.07) is 19.8. The van der Waals surface area contributed by atoms with Crippen molar-refractivity contribution in [2.24, 2.45) is 5.92 Å². The number of thiophene rings is 1. The molecule has 3 heterocycles. The minimum absolute atomic E-state index is 0.269. The average molecular weight is 411 g/mol. The molecule has 140 valence electrons. The predicted molar refractivity (Wildman–Crippen MR) is 108 cm³/mol. The molecule has 0 radical (unpaired) electrons. The van der Waals surface area contributed by atoms with Crippen molar-refractivity contribution < 1.29 is 14.4 Å². The fraction of sp³-hybridized carbons (Fsp3) is 0.143. The first-order chi connectivity index (χ1) is 13.6. The van der Waals surface area contributed by atoms with Crippen molar-refractivity contribution in [3.8, 4) is 0 Å². The number of carbonyl (C=O) groups excluding carboxylic acids is 2. The monoisotopic (exact) mass is 410 g/mol. The van der Waals surface area contributed by atoms with Gasteiger partial charge in [-0.05, 0) is 41.8 Å². The van der Waals surface area contributed by atoms with Crippen molar-refractivity contribution in [1.29, 1.82) is 0 Å². The van der Waals surface area contributed by atoms with E-state index in [1.165, 1.54) is 4.90 Å². The van der Waals surface area contributed by atoms with Crippen LogP contribution in [-0.2, 0) is 14.4 Å². The maximum atomic E-state index is 13.4. The maximum absolute atomic E-state index is 13.4. The van der Waals surface area contributed by atoms with Crippen LogP contribution >= 0.6 is 22.9 Å². The molecule has 2 amide bonds. The Morgan fingerprint density at radius 1 is 0.893 bits per heavy atom. The number of halogens is 1. The number of anilines is 2. The molecule has 7 heteroatoms. The molecule has 5 nitrogen and oxygen atoms in total. The van der Waals surface area contributed by atoms with Crippen molar-refractivity contribution in [2.45, 2.75) is 12.1 Å². The van der Waals surface area contributed by atoms with Crippen molar-refractivity contribution >= 4 is 46.1 Å². The van der Waals surface area contributed by atoms with E-state index in [4.69, 9.17) is 16.4 Å². The molecular formula is C21H15ClN2O3S. The SMILES string of the molecule is O=C1[C@@H]2[C@@H](ON(c3ccccc3)[C@H]2c2cccs2)C(=O)N1c1cccc(Cl)c1. The first-order valence-electron chi connectivity index (χ1n) is 8.83. The Bertz CT molecular complexity index is 1040. The largest absolute Gasteiger partial charge is 0.273 e. The number of para-hydroxylation sites is 1. The van der Waals surface area contributed by atoms with Gasteiger partial charge >= 0.3 is 0 Å². The fourth-order valence-corrected chi connectivity index (χ4v) is 4.87. The Hall–Kier alpha value is -2.67. The molecule has 3 atom stereocenters. The second-order valence-corrected chi connectivity index (χ2v) is 8.08. The van der Waals surface area contributed by atoms with Crippen molar-refractivity contribution in [3.63, 3.8) is 0 Å². The van der Waals surface area contributed by atoms with Crippen molar-refractivity contribution in [1.82, 2.24) is 0 Å². The number of rotatable bonds is 3. The van der Waals surface area contributed by atoms with Gasteiger partial charge in [-0.1, -0.05) is 41.9 Å². The van der Waals surface area contributed by atoms with Gasteiger partial charge in [0.1, 0.15) is 12.0 Å². The highest BCUT2D eigenvalue weighted by Crippen LogP contribution is 2.48. The lowest BCUT2D eigenvalue weighted by Crippen LogP contribution is -2.37. The predicted octanol–water partition coefficient (Wildman–Crippen LogP) is 4.45. The lowest BCUT2D eigenvalue weighted by Gasteiger charge is -2.27. The summed E-state index contributed by atoms with van der Waals surface area (Å²) in [6.45, 7) is 0. The summed E-state index contributed by atoms with van der Waals surface area (Å²) in [7, 11) is 0. The summed E-state index contributed by atoms with van der Waals surface area (Å²) < 4.78 is 0. The molecule has 0 N–H and O–H groups in total. The van der Waals surface area contributed by atoms with Gasteiger partial charge < -0.3 is 0 Å². The van der Waals surface area contributed by atoms with E-state index in [2.05, 4.69) is 0 Å². The molecule has 2 aliphatic rings. The summed E-state index contributed by atoms with van der Waals surface area (Å²) in [6.07, 6.45) is -0.862. The van der Waals surface area contributed by atoms with Crippen LogP contribution in [0.4, 0.5) is 11.4 Å². The number of fused-ring (bicyclic) bond motifs is 1. The Morgan fingerprint density at radius 2 is 1.68 bits per heavy atom. The Balaban J connectivity index is 1.57. The Kier molecular flexibility index (Phi) is 4.19. The lowest BCUT2D eigenvalue weighted by atomic mass is 9.95. The summed E-state index contributed by atoms with van der Waals surface area (Å²) in [4.78, 5) is 34.7. The van der Waals surface area contributed by atoms with E-state index in [-0.39, 0.29) is 17.9 Å². The molecule has 0 aliphatic carbocycles. The molecule has 2 aliphatic heterocycles. The van der Waals surface area contributed by atoms with Crippen LogP contribution in [0.5, 0.6) is 0 Å². The fourth-order valence-electron chi connectivity index (χ4n) is 3.83. The molecule has 2 aromatic carbocycles. The van der Waals surface area contributed by atoms with Crippen LogP contribution < -0.4 is 9.96 Å². The third-order valence-corrected chi connectivity index (χ3v) is 6.21. The van der Waals surface area contributed by atoms with Gasteiger partial charge in [0.15, 0.2) is 6.10 Å². The van der Waals surface area contributed by atoms with E-state index in [0.29, 0.717) is 10.7 Å². The third kappa shape index (κ3) is 2.64. The number of benzene rings is 2. The highest BCUT2D eigenvalue weighted by atomic mass is 35.5. The zero-order valence-corrected chi connectivity index (χ0v) is 16.1. The van der Waals surface area contributed by atoms with Crippen LogP contribution in [0.3, 0.4) is 0 Å². The van der Waals surface area contributed by atoms with Crippen LogP contribution in [0.15, 0.2) is 72.1 Å². The number of hydroxylamine groups is 1. The maximum Gasteiger partial charge on any atom is 0.266 e. The van der Waals surface area contributed by atoms with E-state index in [0.717, 1.165) is 10.6 Å². The summed E-state index contributed by atoms with van der Waals surface area (Å²) in [5, 5.41) is 4.13. The highest BCUT2D eigenvalue weighted by Gasteiger charge is 2.60. The molecule has 3 aromatic rings. The topological polar surface area (TPSA) is 49.9 Å². The number of imide groups is 1. The molecule has 0 unspecified atom stereocenters. The molecule has 0 saturated carbocycles. The standard InChI is InChI=1S/C21H15ClN2O3S/c22-13-6-4-9-15(12-13)23-20(25)17-18(16-10-5-11-28-16)24(27-19(17)21(23)26)14-7-2-1-3-8-14/h1-12,17-19H/t17-,18-,19+/m0/s1. The molecular weight excluding hydrogens is 396 g/mol. The molecule has 2 fully saturated rings. The minimum Gasteiger partial charge on any atom is -0.273 e. The molecule has 0 bridgehead atoms. The van der Waals surface area contributed by atoms with Crippen LogP contribution in [0.2, 0.25) is 5.02 Å². The Labute approximate surface area is 170 Å². The van der Waals surface area contributed by atoms with Gasteiger partial charge in [-0.2, -0.15) is 0 Å². The van der Waals surface area contributed by atoms with Gasteiger partial charge in [0.2, 0.25) is 5.91 Å². The zero-order chi connectivity index (χ0) is 19.3. The van der Waals surface area contributed by atoms with Crippen molar-refractivity contribution in [3.05, 3.63) is 82.0 Å². The first-order valence-corrected chi connectivity index (χ1v) is 10.1. The van der Waals surface area contributed by atoms with E-state index in [1.54, 1.807) is 40.7 Å². The van der Waals surface area contributed by atoms with Crippen molar-refractivity contribution in [2.75, 3.05) is 9.96 Å². The molecule has 0 spiro atoms. The van der Waals surface area contributed by atoms with Gasteiger partial charge in [0.05, 0.1) is 11.4 Å². The summed E-state index contributed by atoms with van der Waals surface area (Å²) >= 11 is 7.61. The first kappa shape index (κ1) is 17.4. The number of hydrogen-bond acceptors (Lipinski definition) is 5. The number of hydrogen-bond donors (Lipinski definition) is 0. The quantitative estimate of drug-likeness (QED) is 0.598. The van der Waals surface area contributed by atoms with Gasteiger partial charge in [0, 0.05) is 9.90 Å². The van der Waals surface area contributed by atoms with Crippen LogP contribution in [0.1, 0.15) is 10.9 Å². The van der Waals surface area contributed by atoms with E-state index >= 15 is 0 Å². The number of carbonyl (C=O) groups is 2. The van der Waals surface area contributed by atoms with E-state index < -0.39 is 12.0 Å². The second kappa shape index (κ2) is 6.74. The highest BCUT2D eigenvalue weighted by molar-refractivity contribution is 7.10. The van der Waals surface area contributed by atoms with Gasteiger partial charge in [-0.25, -0.2) is 9.96 Å². The number of amides is 2. The zero-order valence-electron chi connectivity index (χ0n) is 14.6.